The molecule has 1 saturated heterocycles. The summed E-state index contributed by atoms with van der Waals surface area (Å²) in [7, 11) is 0. The minimum Gasteiger partial charge on any atom is -0.378 e. The highest BCUT2D eigenvalue weighted by Crippen LogP contribution is 2.16. The van der Waals surface area contributed by atoms with E-state index in [9.17, 15) is 0 Å². The fourth-order valence-corrected chi connectivity index (χ4v) is 1.65. The van der Waals surface area contributed by atoms with Crippen molar-refractivity contribution in [3.63, 3.8) is 0 Å². The van der Waals surface area contributed by atoms with E-state index in [1.54, 1.807) is 0 Å². The zero-order valence-electron chi connectivity index (χ0n) is 12.0. The molecule has 17 heavy (non-hydrogen) atoms. The second kappa shape index (κ2) is 10.2. The number of morpholine rings is 1. The molecule has 0 radical (unpaired) electrons. The zero-order valence-corrected chi connectivity index (χ0v) is 12.0. The van der Waals surface area contributed by atoms with Crippen LogP contribution in [-0.4, -0.2) is 26.3 Å². The van der Waals surface area contributed by atoms with Gasteiger partial charge in [-0.15, -0.1) is 0 Å². The molecule has 0 saturated carbocycles. The van der Waals surface area contributed by atoms with Crippen molar-refractivity contribution < 1.29 is 4.74 Å². The van der Waals surface area contributed by atoms with Gasteiger partial charge in [0.25, 0.3) is 0 Å². The number of hydrogen-bond acceptors (Lipinski definition) is 2. The summed E-state index contributed by atoms with van der Waals surface area (Å²) in [4.78, 5) is 2.37. The maximum atomic E-state index is 5.31. The quantitative estimate of drug-likeness (QED) is 0.735. The van der Waals surface area contributed by atoms with Gasteiger partial charge in [-0.25, -0.2) is 0 Å². The van der Waals surface area contributed by atoms with Gasteiger partial charge in [-0.3, -0.25) is 0 Å². The van der Waals surface area contributed by atoms with Crippen molar-refractivity contribution in [2.24, 2.45) is 0 Å². The molecule has 0 spiro atoms. The van der Waals surface area contributed by atoms with Gasteiger partial charge < -0.3 is 9.64 Å². The van der Waals surface area contributed by atoms with Crippen molar-refractivity contribution in [3.8, 4) is 0 Å². The fraction of sp³-hybridized carbons (Fsp3) is 0.600. The van der Waals surface area contributed by atoms with E-state index < -0.39 is 0 Å². The third kappa shape index (κ3) is 5.73. The normalized spacial score (nSPS) is 14.1. The van der Waals surface area contributed by atoms with Crippen LogP contribution in [0.5, 0.6) is 0 Å². The summed E-state index contributed by atoms with van der Waals surface area (Å²) in [5, 5.41) is 0. The van der Waals surface area contributed by atoms with Crippen molar-refractivity contribution in [1.82, 2.24) is 0 Å². The fourth-order valence-electron chi connectivity index (χ4n) is 1.65. The third-order valence-electron chi connectivity index (χ3n) is 2.38. The molecule has 1 aromatic carbocycles. The number of rotatable bonds is 1. The minimum absolute atomic E-state index is 0.855. The van der Waals surface area contributed by atoms with E-state index in [1.807, 2.05) is 27.7 Å². The topological polar surface area (TPSA) is 12.5 Å². The van der Waals surface area contributed by atoms with Crippen LogP contribution in [-0.2, 0) is 4.74 Å². The average Bonchev–Trinajstić information content (AvgIpc) is 2.44. The Hall–Kier alpha value is -1.02. The Morgan fingerprint density at radius 1 is 1.00 bits per heavy atom. The second-order valence-corrected chi connectivity index (χ2v) is 3.44. The summed E-state index contributed by atoms with van der Waals surface area (Å²) in [5.41, 5.74) is 2.65. The van der Waals surface area contributed by atoms with Crippen LogP contribution >= 0.6 is 0 Å². The molecule has 1 aliphatic rings. The summed E-state index contributed by atoms with van der Waals surface area (Å²) in [6.45, 7) is 13.9. The summed E-state index contributed by atoms with van der Waals surface area (Å²) >= 11 is 0. The Labute approximate surface area is 107 Å². The first-order valence-corrected chi connectivity index (χ1v) is 6.75. The molecule has 2 heteroatoms. The molecule has 2 nitrogen and oxygen atoms in total. The van der Waals surface area contributed by atoms with Crippen LogP contribution in [0.3, 0.4) is 0 Å². The highest BCUT2D eigenvalue weighted by molar-refractivity contribution is 5.48. The first-order chi connectivity index (χ1) is 8.36. The number of nitrogens with zero attached hydrogens (tertiary/aromatic N) is 1. The highest BCUT2D eigenvalue weighted by atomic mass is 16.5. The largest absolute Gasteiger partial charge is 0.378 e. The number of hydrogen-bond donors (Lipinski definition) is 0. The van der Waals surface area contributed by atoms with Crippen LogP contribution < -0.4 is 4.90 Å². The molecule has 0 aliphatic carbocycles. The lowest BCUT2D eigenvalue weighted by Crippen LogP contribution is -2.36. The molecule has 1 aromatic rings. The standard InChI is InChI=1S/C11H15NO.2C2H6/c1-10-3-2-4-11(9-10)12-5-7-13-8-6-12;2*1-2/h2-4,9H,5-8H2,1H3;2*1-2H3. The number of anilines is 1. The van der Waals surface area contributed by atoms with Crippen LogP contribution in [0.25, 0.3) is 0 Å². The van der Waals surface area contributed by atoms with E-state index in [0.717, 1.165) is 26.3 Å². The summed E-state index contributed by atoms with van der Waals surface area (Å²) in [6.07, 6.45) is 0. The number of benzene rings is 1. The second-order valence-electron chi connectivity index (χ2n) is 3.44. The molecule has 2 rings (SSSR count). The van der Waals surface area contributed by atoms with Gasteiger partial charge >= 0.3 is 0 Å². The highest BCUT2D eigenvalue weighted by Gasteiger charge is 2.10. The average molecular weight is 237 g/mol. The summed E-state index contributed by atoms with van der Waals surface area (Å²) in [5.74, 6) is 0. The van der Waals surface area contributed by atoms with Crippen LogP contribution in [0.4, 0.5) is 5.69 Å². The molecule has 0 atom stereocenters. The van der Waals surface area contributed by atoms with Crippen LogP contribution in [0.2, 0.25) is 0 Å². The van der Waals surface area contributed by atoms with E-state index in [4.69, 9.17) is 4.74 Å². The summed E-state index contributed by atoms with van der Waals surface area (Å²) < 4.78 is 5.31. The predicted octanol–water partition coefficient (Wildman–Crippen LogP) is 3.88. The monoisotopic (exact) mass is 237 g/mol. The lowest BCUT2D eigenvalue weighted by molar-refractivity contribution is 0.122. The Morgan fingerprint density at radius 2 is 1.59 bits per heavy atom. The molecule has 0 aromatic heterocycles. The Balaban J connectivity index is 0.000000581. The van der Waals surface area contributed by atoms with E-state index in [2.05, 4.69) is 36.1 Å². The number of aryl methyl sites for hydroxylation is 1. The molecule has 0 amide bonds. The van der Waals surface area contributed by atoms with Gasteiger partial charge in [0.15, 0.2) is 0 Å². The van der Waals surface area contributed by atoms with Crippen molar-refractivity contribution in [2.45, 2.75) is 34.6 Å². The first kappa shape index (κ1) is 16.0. The van der Waals surface area contributed by atoms with Crippen molar-refractivity contribution in [1.29, 1.82) is 0 Å². The van der Waals surface area contributed by atoms with Gasteiger partial charge in [-0.1, -0.05) is 39.8 Å². The minimum atomic E-state index is 0.855. The van der Waals surface area contributed by atoms with Crippen molar-refractivity contribution >= 4 is 5.69 Å². The SMILES string of the molecule is CC.CC.Cc1cccc(N2CCOCC2)c1. The lowest BCUT2D eigenvalue weighted by atomic mass is 10.2. The molecular formula is C15H27NO. The molecule has 1 heterocycles. The molecule has 0 bridgehead atoms. The first-order valence-electron chi connectivity index (χ1n) is 6.75. The Kier molecular flexibility index (Phi) is 9.55. The van der Waals surface area contributed by atoms with Crippen molar-refractivity contribution in [2.75, 3.05) is 31.2 Å². The van der Waals surface area contributed by atoms with Gasteiger partial charge in [0, 0.05) is 18.8 Å². The maximum absolute atomic E-state index is 5.31. The van der Waals surface area contributed by atoms with Crippen LogP contribution in [0, 0.1) is 6.92 Å². The van der Waals surface area contributed by atoms with Gasteiger partial charge in [0.2, 0.25) is 0 Å². The third-order valence-corrected chi connectivity index (χ3v) is 2.38. The molecule has 0 unspecified atom stereocenters. The molecule has 0 N–H and O–H groups in total. The van der Waals surface area contributed by atoms with Crippen LogP contribution in [0.15, 0.2) is 24.3 Å². The van der Waals surface area contributed by atoms with Crippen molar-refractivity contribution in [3.05, 3.63) is 29.8 Å². The van der Waals surface area contributed by atoms with E-state index in [1.165, 1.54) is 11.3 Å². The van der Waals surface area contributed by atoms with Gasteiger partial charge in [0.05, 0.1) is 13.2 Å². The van der Waals surface area contributed by atoms with Gasteiger partial charge in [0.1, 0.15) is 0 Å². The number of ether oxygens (including phenoxy) is 1. The maximum Gasteiger partial charge on any atom is 0.0642 e. The van der Waals surface area contributed by atoms with E-state index >= 15 is 0 Å². The molecule has 98 valence electrons. The van der Waals surface area contributed by atoms with Crippen LogP contribution in [0.1, 0.15) is 33.3 Å². The molecule has 1 aliphatic heterocycles. The molecular weight excluding hydrogens is 210 g/mol. The Bertz CT molecular complexity index is 280. The van der Waals surface area contributed by atoms with E-state index in [0.29, 0.717) is 0 Å². The smallest absolute Gasteiger partial charge is 0.0642 e. The van der Waals surface area contributed by atoms with Gasteiger partial charge in [-0.05, 0) is 24.6 Å². The van der Waals surface area contributed by atoms with E-state index in [-0.39, 0.29) is 0 Å². The predicted molar refractivity (Wildman–Crippen MR) is 76.9 cm³/mol. The zero-order chi connectivity index (χ0) is 13.1. The van der Waals surface area contributed by atoms with Gasteiger partial charge in [-0.2, -0.15) is 0 Å². The molecule has 1 fully saturated rings. The summed E-state index contributed by atoms with van der Waals surface area (Å²) in [6, 6.07) is 8.63. The lowest BCUT2D eigenvalue weighted by Gasteiger charge is -2.29. The Morgan fingerprint density at radius 3 is 2.12 bits per heavy atom.